The third kappa shape index (κ3) is 11.6. The maximum atomic E-state index is 12.7. The van der Waals surface area contributed by atoms with Gasteiger partial charge in [-0.2, -0.15) is 5.26 Å². The molecule has 4 rings (SSSR count). The van der Waals surface area contributed by atoms with Crippen LogP contribution in [-0.2, 0) is 20.6 Å². The lowest BCUT2D eigenvalue weighted by molar-refractivity contribution is -0.384. The summed E-state index contributed by atoms with van der Waals surface area (Å²) in [4.78, 5) is 22.4. The summed E-state index contributed by atoms with van der Waals surface area (Å²) >= 11 is 0. The first-order chi connectivity index (χ1) is 20.6. The molecule has 11 heteroatoms. The minimum absolute atomic E-state index is 0.0141. The second-order valence-corrected chi connectivity index (χ2v) is 11.9. The third-order valence-corrected chi connectivity index (χ3v) is 7.62. The summed E-state index contributed by atoms with van der Waals surface area (Å²) < 4.78 is 16.7. The van der Waals surface area contributed by atoms with Crippen molar-refractivity contribution in [2.45, 2.75) is 77.4 Å². The highest BCUT2D eigenvalue weighted by molar-refractivity contribution is 5.68. The summed E-state index contributed by atoms with van der Waals surface area (Å²) in [6.45, 7) is 8.11. The smallest absolute Gasteiger partial charge is 0.407 e. The van der Waals surface area contributed by atoms with E-state index in [1.165, 1.54) is 6.07 Å². The van der Waals surface area contributed by atoms with Crippen LogP contribution in [0.1, 0.15) is 50.7 Å². The lowest BCUT2D eigenvalue weighted by Crippen LogP contribution is -2.50. The highest BCUT2D eigenvalue weighted by Crippen LogP contribution is 2.33. The SMILES string of the molecule is CC(C)(CCCC#N)CNCC(O)[C@H](Cc1ccccc1)NC(=O)OC1COC2OCCC12.Cc1cccc([N+](=O)[O-])c1. The quantitative estimate of drug-likeness (QED) is 0.170. The number of aryl methyl sites for hydroxylation is 1. The highest BCUT2D eigenvalue weighted by Gasteiger charge is 2.44. The number of nitriles is 1. The number of carbonyl (C=O) groups excluding carboxylic acids is 1. The molecule has 0 aliphatic carbocycles. The molecule has 0 radical (unpaired) electrons. The standard InChI is InChI=1S/C25H37N3O5.C7H7NO2/c1-25(2,11-6-7-12-26)17-27-15-21(29)20(14-18-8-4-3-5-9-18)28-24(30)33-22-16-32-23-19(22)10-13-31-23;1-6-3-2-4-7(5-6)8(9)10/h3-5,8-9,19-23,27,29H,6-7,10-11,13-17H2,1-2H3,(H,28,30);2-5H,1H3/t19?,20-,21?,22?,23?;/m0./s1. The van der Waals surface area contributed by atoms with Gasteiger partial charge in [-0.1, -0.05) is 56.3 Å². The van der Waals surface area contributed by atoms with E-state index in [4.69, 9.17) is 19.5 Å². The van der Waals surface area contributed by atoms with Crippen LogP contribution in [0.15, 0.2) is 54.6 Å². The molecule has 2 aromatic rings. The second-order valence-electron chi connectivity index (χ2n) is 11.9. The van der Waals surface area contributed by atoms with Gasteiger partial charge in [0.25, 0.3) is 5.69 Å². The van der Waals surface area contributed by atoms with Crippen molar-refractivity contribution in [2.75, 3.05) is 26.3 Å². The van der Waals surface area contributed by atoms with Crippen molar-refractivity contribution in [3.8, 4) is 6.07 Å². The zero-order valence-corrected chi connectivity index (χ0v) is 25.2. The Morgan fingerprint density at radius 3 is 2.67 bits per heavy atom. The number of alkyl carbamates (subject to hydrolysis) is 1. The zero-order chi connectivity index (χ0) is 31.2. The molecule has 2 aliphatic heterocycles. The Balaban J connectivity index is 0.000000428. The van der Waals surface area contributed by atoms with Gasteiger partial charge in [0.15, 0.2) is 6.29 Å². The number of unbranched alkanes of at least 4 members (excludes halogenated alkanes) is 1. The Kier molecular flexibility index (Phi) is 13.3. The van der Waals surface area contributed by atoms with Crippen molar-refractivity contribution in [2.24, 2.45) is 11.3 Å². The van der Waals surface area contributed by atoms with Gasteiger partial charge < -0.3 is 30.0 Å². The first-order valence-electron chi connectivity index (χ1n) is 14.8. The normalized spacial score (nSPS) is 20.6. The van der Waals surface area contributed by atoms with E-state index >= 15 is 0 Å². The fraction of sp³-hybridized carbons (Fsp3) is 0.562. The largest absolute Gasteiger partial charge is 0.443 e. The van der Waals surface area contributed by atoms with E-state index in [1.54, 1.807) is 12.1 Å². The van der Waals surface area contributed by atoms with Gasteiger partial charge in [-0.25, -0.2) is 4.79 Å². The van der Waals surface area contributed by atoms with Crippen molar-refractivity contribution in [3.63, 3.8) is 0 Å². The molecule has 2 aromatic carbocycles. The third-order valence-electron chi connectivity index (χ3n) is 7.62. The number of amides is 1. The van der Waals surface area contributed by atoms with E-state index in [0.29, 0.717) is 39.1 Å². The monoisotopic (exact) mass is 596 g/mol. The molecule has 0 aromatic heterocycles. The van der Waals surface area contributed by atoms with Gasteiger partial charge >= 0.3 is 6.09 Å². The number of aliphatic hydroxyl groups is 1. The van der Waals surface area contributed by atoms with Gasteiger partial charge in [0, 0.05) is 31.6 Å². The fourth-order valence-electron chi connectivity index (χ4n) is 5.20. The topological polar surface area (TPSA) is 156 Å². The van der Waals surface area contributed by atoms with E-state index in [1.807, 2.05) is 43.3 Å². The molecule has 0 spiro atoms. The minimum atomic E-state index is -0.796. The van der Waals surface area contributed by atoms with Crippen LogP contribution >= 0.6 is 0 Å². The van der Waals surface area contributed by atoms with Crippen LogP contribution in [0.4, 0.5) is 10.5 Å². The number of non-ortho nitro benzene ring substituents is 1. The number of hydrogen-bond acceptors (Lipinski definition) is 9. The Hall–Kier alpha value is -3.56. The summed E-state index contributed by atoms with van der Waals surface area (Å²) in [5.41, 5.74) is 2.10. The maximum Gasteiger partial charge on any atom is 0.407 e. The van der Waals surface area contributed by atoms with Crippen molar-refractivity contribution in [3.05, 3.63) is 75.8 Å². The summed E-state index contributed by atoms with van der Waals surface area (Å²) in [7, 11) is 0. The van der Waals surface area contributed by atoms with Gasteiger partial charge in [0.1, 0.15) is 6.10 Å². The summed E-state index contributed by atoms with van der Waals surface area (Å²) in [6.07, 6.45) is 1.67. The summed E-state index contributed by atoms with van der Waals surface area (Å²) in [5, 5.41) is 36.0. The number of rotatable bonds is 13. The number of hydrogen-bond donors (Lipinski definition) is 3. The van der Waals surface area contributed by atoms with Crippen LogP contribution in [0.2, 0.25) is 0 Å². The predicted octanol–water partition coefficient (Wildman–Crippen LogP) is 4.66. The molecule has 11 nitrogen and oxygen atoms in total. The van der Waals surface area contributed by atoms with Crippen LogP contribution in [0.25, 0.3) is 0 Å². The summed E-state index contributed by atoms with van der Waals surface area (Å²) in [6, 6.07) is 18.0. The lowest BCUT2D eigenvalue weighted by atomic mass is 9.87. The number of nitro benzene ring substituents is 1. The number of aliphatic hydroxyl groups excluding tert-OH is 1. The molecule has 2 fully saturated rings. The summed E-state index contributed by atoms with van der Waals surface area (Å²) in [5.74, 6) is 0.0678. The number of nitrogens with zero attached hydrogens (tertiary/aromatic N) is 2. The van der Waals surface area contributed by atoms with Crippen LogP contribution in [0.5, 0.6) is 0 Å². The second kappa shape index (κ2) is 16.9. The van der Waals surface area contributed by atoms with Crippen LogP contribution in [0.3, 0.4) is 0 Å². The molecule has 0 bridgehead atoms. The Morgan fingerprint density at radius 1 is 1.23 bits per heavy atom. The predicted molar refractivity (Wildman–Crippen MR) is 161 cm³/mol. The van der Waals surface area contributed by atoms with E-state index < -0.39 is 23.2 Å². The number of nitro groups is 1. The first-order valence-corrected chi connectivity index (χ1v) is 14.8. The van der Waals surface area contributed by atoms with Gasteiger partial charge in [0.05, 0.1) is 42.3 Å². The molecule has 0 saturated carbocycles. The molecule has 2 saturated heterocycles. The van der Waals surface area contributed by atoms with Crippen LogP contribution in [0, 0.1) is 39.7 Å². The molecule has 3 N–H and O–H groups in total. The Bertz CT molecular complexity index is 1200. The molecular weight excluding hydrogens is 552 g/mol. The minimum Gasteiger partial charge on any atom is -0.443 e. The average molecular weight is 597 g/mol. The molecule has 1 amide bonds. The van der Waals surface area contributed by atoms with Crippen LogP contribution < -0.4 is 10.6 Å². The van der Waals surface area contributed by atoms with Gasteiger partial charge in [-0.05, 0) is 49.1 Å². The van der Waals surface area contributed by atoms with Crippen molar-refractivity contribution >= 4 is 11.8 Å². The zero-order valence-electron chi connectivity index (χ0n) is 25.2. The molecule has 43 heavy (non-hydrogen) atoms. The van der Waals surface area contributed by atoms with Crippen LogP contribution in [-0.4, -0.2) is 67.0 Å². The molecule has 2 aliphatic rings. The van der Waals surface area contributed by atoms with Crippen molar-refractivity contribution in [1.82, 2.24) is 10.6 Å². The molecule has 5 atom stereocenters. The number of benzene rings is 2. The highest BCUT2D eigenvalue weighted by atomic mass is 16.7. The number of nitrogens with one attached hydrogen (secondary N) is 2. The lowest BCUT2D eigenvalue weighted by Gasteiger charge is -2.28. The molecule has 4 unspecified atom stereocenters. The van der Waals surface area contributed by atoms with Crippen molar-refractivity contribution in [1.29, 1.82) is 5.26 Å². The van der Waals surface area contributed by atoms with Gasteiger partial charge in [0.2, 0.25) is 0 Å². The van der Waals surface area contributed by atoms with Gasteiger partial charge in [-0.3, -0.25) is 10.1 Å². The van der Waals surface area contributed by atoms with E-state index in [0.717, 1.165) is 30.4 Å². The Morgan fingerprint density at radius 2 is 2.00 bits per heavy atom. The Labute approximate surface area is 253 Å². The van der Waals surface area contributed by atoms with Crippen molar-refractivity contribution < 1.29 is 29.0 Å². The molecule has 234 valence electrons. The average Bonchev–Trinajstić information content (AvgIpc) is 3.59. The molecular formula is C32H44N4O7. The number of fused-ring (bicyclic) bond motifs is 1. The van der Waals surface area contributed by atoms with E-state index in [-0.39, 0.29) is 29.4 Å². The number of ether oxygens (including phenoxy) is 3. The first kappa shape index (κ1) is 33.9. The number of carbonyl (C=O) groups is 1. The fourth-order valence-corrected chi connectivity index (χ4v) is 5.20. The maximum absolute atomic E-state index is 12.7. The van der Waals surface area contributed by atoms with E-state index in [2.05, 4.69) is 30.6 Å². The molecule has 2 heterocycles. The van der Waals surface area contributed by atoms with Gasteiger partial charge in [-0.15, -0.1) is 0 Å². The van der Waals surface area contributed by atoms with E-state index in [9.17, 15) is 20.0 Å².